The molecule has 228 valence electrons. The Kier molecular flexibility index (Phi) is 10.2. The van der Waals surface area contributed by atoms with Crippen molar-refractivity contribution in [3.8, 4) is 22.8 Å². The van der Waals surface area contributed by atoms with Gasteiger partial charge in [-0.05, 0) is 43.7 Å². The van der Waals surface area contributed by atoms with E-state index in [1.54, 1.807) is 47.3 Å². The van der Waals surface area contributed by atoms with Crippen molar-refractivity contribution >= 4 is 22.1 Å². The predicted octanol–water partition coefficient (Wildman–Crippen LogP) is 5.42. The number of hydrogen-bond donors (Lipinski definition) is 0. The van der Waals surface area contributed by atoms with Crippen molar-refractivity contribution in [3.05, 3.63) is 60.4 Å². The summed E-state index contributed by atoms with van der Waals surface area (Å²) in [6.07, 6.45) is -4.19. The van der Waals surface area contributed by atoms with Crippen LogP contribution in [0.5, 0.6) is 5.75 Å². The predicted molar refractivity (Wildman–Crippen MR) is 146 cm³/mol. The van der Waals surface area contributed by atoms with Crippen LogP contribution in [0.25, 0.3) is 17.1 Å². The molecule has 0 radical (unpaired) electrons. The lowest BCUT2D eigenvalue weighted by atomic mass is 9.99. The lowest BCUT2D eigenvalue weighted by Gasteiger charge is -2.42. The number of alkyl halides is 5. The van der Waals surface area contributed by atoms with Gasteiger partial charge in [-0.15, -0.1) is 5.10 Å². The van der Waals surface area contributed by atoms with E-state index in [2.05, 4.69) is 20.0 Å². The first-order chi connectivity index (χ1) is 20.0. The van der Waals surface area contributed by atoms with Crippen LogP contribution in [0.15, 0.2) is 60.0 Å². The van der Waals surface area contributed by atoms with Crippen LogP contribution in [0.3, 0.4) is 0 Å². The van der Waals surface area contributed by atoms with E-state index >= 15 is 0 Å². The number of halogens is 5. The normalized spacial score (nSPS) is 23.3. The van der Waals surface area contributed by atoms with E-state index in [0.717, 1.165) is 17.7 Å². The quantitative estimate of drug-likeness (QED) is 0.110. The highest BCUT2D eigenvalue weighted by atomic mass is 79.9. The zero-order chi connectivity index (χ0) is 30.5. The van der Waals surface area contributed by atoms with Gasteiger partial charge in [-0.3, -0.25) is 0 Å². The largest absolute Gasteiger partial charge is 0.475 e. The van der Waals surface area contributed by atoms with Crippen LogP contribution >= 0.6 is 15.9 Å². The van der Waals surface area contributed by atoms with Crippen molar-refractivity contribution in [2.45, 2.75) is 55.5 Å². The lowest BCUT2D eigenvalue weighted by molar-refractivity contribution is -0.308. The van der Waals surface area contributed by atoms with Gasteiger partial charge in [-0.25, -0.2) is 9.67 Å². The molecule has 1 aromatic heterocycles. The average molecular weight is 661 g/mol. The second-order valence-electron chi connectivity index (χ2n) is 9.12. The molecule has 2 aromatic carbocycles. The standard InChI is InChI=1S/C27H29BrF4N4O6/c1-5-39-22-21(37-3)16(2)40-25(23(22)38-4)42-34-14-17-6-8-18(9-7-17)24-33-15-36(35-24)19-10-12-20(13-11-19)41-27(31,32)26(28,29)30/h6-16,21-23,25H,5H2,1-4H3/b34-14+/t16-,21-,22+,23+,25-/m0/s1. The van der Waals surface area contributed by atoms with Crippen LogP contribution in [0.4, 0.5) is 17.6 Å². The van der Waals surface area contributed by atoms with Gasteiger partial charge in [0.05, 0.1) is 18.0 Å². The molecule has 0 spiro atoms. The summed E-state index contributed by atoms with van der Waals surface area (Å²) >= 11 is 1.62. The van der Waals surface area contributed by atoms with Gasteiger partial charge in [0.1, 0.15) is 24.3 Å². The highest BCUT2D eigenvalue weighted by Gasteiger charge is 2.57. The molecule has 0 N–H and O–H groups in total. The molecule has 42 heavy (non-hydrogen) atoms. The number of hydrogen-bond acceptors (Lipinski definition) is 9. The summed E-state index contributed by atoms with van der Waals surface area (Å²) in [5.74, 6) is -0.0530. The Balaban J connectivity index is 1.38. The Labute approximate surface area is 247 Å². The molecule has 5 atom stereocenters. The molecule has 15 heteroatoms. The van der Waals surface area contributed by atoms with E-state index in [9.17, 15) is 17.6 Å². The molecule has 1 saturated heterocycles. The van der Waals surface area contributed by atoms with Gasteiger partial charge in [-0.1, -0.05) is 29.4 Å². The molecular weight excluding hydrogens is 632 g/mol. The summed E-state index contributed by atoms with van der Waals surface area (Å²) in [5.41, 5.74) is 1.88. The van der Waals surface area contributed by atoms with Crippen molar-refractivity contribution in [1.29, 1.82) is 0 Å². The molecule has 1 aliphatic rings. The maximum atomic E-state index is 13.4. The van der Waals surface area contributed by atoms with Crippen molar-refractivity contribution in [2.24, 2.45) is 5.16 Å². The second kappa shape index (κ2) is 13.5. The Bertz CT molecular complexity index is 1320. The topological polar surface area (TPSA) is 98.5 Å². The Morgan fingerprint density at radius 3 is 2.26 bits per heavy atom. The summed E-state index contributed by atoms with van der Waals surface area (Å²) in [5, 5.41) is 8.45. The minimum Gasteiger partial charge on any atom is -0.427 e. The highest BCUT2D eigenvalue weighted by molar-refractivity contribution is 9.10. The van der Waals surface area contributed by atoms with Gasteiger partial charge in [0.2, 0.25) is 0 Å². The SMILES string of the molecule is CCO[C@@H]1[C@@H](OC)[C@H](C)O[C@@H](O/N=C/c2ccc(-c3ncn(-c4ccc(OC(F)(F)C(F)(F)Br)cc4)n3)cc2)[C@@H]1OC. The van der Waals surface area contributed by atoms with Crippen molar-refractivity contribution in [1.82, 2.24) is 14.8 Å². The maximum absolute atomic E-state index is 13.4. The molecule has 3 aromatic rings. The fraction of sp³-hybridized carbons (Fsp3) is 0.444. The van der Waals surface area contributed by atoms with Crippen LogP contribution < -0.4 is 4.74 Å². The third-order valence-electron chi connectivity index (χ3n) is 6.34. The van der Waals surface area contributed by atoms with E-state index in [4.69, 9.17) is 23.8 Å². The van der Waals surface area contributed by atoms with E-state index in [1.165, 1.54) is 36.5 Å². The smallest absolute Gasteiger partial charge is 0.427 e. The molecule has 0 amide bonds. The molecular formula is C27H29BrF4N4O6. The van der Waals surface area contributed by atoms with E-state index in [1.807, 2.05) is 13.8 Å². The molecule has 1 fully saturated rings. The number of oxime groups is 1. The second-order valence-corrected chi connectivity index (χ2v) is 10.1. The molecule has 0 unspecified atom stereocenters. The van der Waals surface area contributed by atoms with Crippen LogP contribution in [-0.4, -0.2) is 83.5 Å². The number of methoxy groups -OCH3 is 2. The van der Waals surface area contributed by atoms with Gasteiger partial charge in [-0.2, -0.15) is 17.6 Å². The zero-order valence-corrected chi connectivity index (χ0v) is 24.6. The molecule has 2 heterocycles. The first-order valence-electron chi connectivity index (χ1n) is 12.7. The first kappa shape index (κ1) is 31.8. The van der Waals surface area contributed by atoms with Crippen LogP contribution in [-0.2, 0) is 23.8 Å². The summed E-state index contributed by atoms with van der Waals surface area (Å²) in [7, 11) is 3.13. The van der Waals surface area contributed by atoms with E-state index in [0.29, 0.717) is 23.7 Å². The molecule has 0 bridgehead atoms. The number of nitrogens with zero attached hydrogens (tertiary/aromatic N) is 4. The molecule has 0 saturated carbocycles. The third-order valence-corrected chi connectivity index (χ3v) is 6.80. The molecule has 1 aliphatic heterocycles. The molecule has 10 nitrogen and oxygen atoms in total. The van der Waals surface area contributed by atoms with Crippen LogP contribution in [0.2, 0.25) is 0 Å². The van der Waals surface area contributed by atoms with Gasteiger partial charge in [0.15, 0.2) is 11.9 Å². The van der Waals surface area contributed by atoms with Gasteiger partial charge < -0.3 is 28.5 Å². The third kappa shape index (κ3) is 7.26. The summed E-state index contributed by atoms with van der Waals surface area (Å²) in [6, 6.07) is 12.2. The summed E-state index contributed by atoms with van der Waals surface area (Å²) < 4.78 is 81.2. The van der Waals surface area contributed by atoms with E-state index < -0.39 is 35.2 Å². The Morgan fingerprint density at radius 2 is 1.67 bits per heavy atom. The van der Waals surface area contributed by atoms with Crippen LogP contribution in [0.1, 0.15) is 19.4 Å². The number of benzene rings is 2. The summed E-state index contributed by atoms with van der Waals surface area (Å²) in [6.45, 7) is 4.22. The minimum absolute atomic E-state index is 0.312. The highest BCUT2D eigenvalue weighted by Crippen LogP contribution is 2.40. The fourth-order valence-electron chi connectivity index (χ4n) is 4.28. The number of ether oxygens (including phenoxy) is 5. The van der Waals surface area contributed by atoms with Crippen molar-refractivity contribution < 1.29 is 46.1 Å². The average Bonchev–Trinajstić information content (AvgIpc) is 3.44. The Morgan fingerprint density at radius 1 is 1.00 bits per heavy atom. The minimum atomic E-state index is -4.73. The lowest BCUT2D eigenvalue weighted by Crippen LogP contribution is -2.59. The molecule has 0 aliphatic carbocycles. The first-order valence-corrected chi connectivity index (χ1v) is 13.5. The summed E-state index contributed by atoms with van der Waals surface area (Å²) in [4.78, 5) is 5.37. The zero-order valence-electron chi connectivity index (χ0n) is 23.0. The van der Waals surface area contributed by atoms with Gasteiger partial charge >= 0.3 is 10.9 Å². The van der Waals surface area contributed by atoms with Gasteiger partial charge in [0.25, 0.3) is 6.29 Å². The maximum Gasteiger partial charge on any atom is 0.475 e. The van der Waals surface area contributed by atoms with Crippen LogP contribution in [0, 0.1) is 0 Å². The number of aromatic nitrogens is 3. The number of rotatable bonds is 12. The Hall–Kier alpha value is -3.11. The van der Waals surface area contributed by atoms with E-state index in [-0.39, 0.29) is 12.2 Å². The van der Waals surface area contributed by atoms with Crippen molar-refractivity contribution in [3.63, 3.8) is 0 Å². The van der Waals surface area contributed by atoms with Crippen molar-refractivity contribution in [2.75, 3.05) is 20.8 Å². The molecule has 4 rings (SSSR count). The van der Waals surface area contributed by atoms with Gasteiger partial charge in [0, 0.05) is 42.3 Å². The fourth-order valence-corrected chi connectivity index (χ4v) is 4.36. The monoisotopic (exact) mass is 660 g/mol.